The predicted molar refractivity (Wildman–Crippen MR) is 153 cm³/mol. The molecule has 0 bridgehead atoms. The smallest absolute Gasteiger partial charge is 0.303 e. The molecule has 0 saturated carbocycles. The molecule has 3 aromatic rings. The van der Waals surface area contributed by atoms with E-state index < -0.39 is 48.1 Å². The molecular weight excluding hydrogens is 540 g/mol. The molecule has 0 spiro atoms. The standard InChI is InChI=1S/C33H38O9/c1-21(34)39-28-27(40-31(37-6)30-29(28)41-32(2,3)42-30)20-38-33(22-10-8-7-9-11-22,23-12-16-25(35-4)17-13-23)24-14-18-26(36-5)19-15-24/h7-19,27-31H,20H2,1-6H3/t27-,28+,29+,30-,31+/m1/s1. The third-order valence-electron chi connectivity index (χ3n) is 7.60. The summed E-state index contributed by atoms with van der Waals surface area (Å²) in [7, 11) is 4.80. The van der Waals surface area contributed by atoms with Gasteiger partial charge in [-0.3, -0.25) is 4.79 Å². The van der Waals surface area contributed by atoms with E-state index in [1.165, 1.54) is 6.92 Å². The maximum atomic E-state index is 12.3. The highest BCUT2D eigenvalue weighted by atomic mass is 16.8. The Bertz CT molecular complexity index is 1280. The summed E-state index contributed by atoms with van der Waals surface area (Å²) < 4.78 is 48.1. The first-order valence-electron chi connectivity index (χ1n) is 13.9. The minimum atomic E-state index is -1.09. The van der Waals surface area contributed by atoms with Crippen molar-refractivity contribution in [3.05, 3.63) is 95.6 Å². The summed E-state index contributed by atoms with van der Waals surface area (Å²) in [6, 6.07) is 25.4. The number of carbonyl (C=O) groups is 1. The van der Waals surface area contributed by atoms with E-state index in [0.29, 0.717) is 0 Å². The van der Waals surface area contributed by atoms with Gasteiger partial charge in [-0.05, 0) is 54.8 Å². The first kappa shape index (κ1) is 30.0. The van der Waals surface area contributed by atoms with Crippen molar-refractivity contribution < 1.29 is 42.7 Å². The molecule has 2 heterocycles. The van der Waals surface area contributed by atoms with Crippen molar-refractivity contribution in [2.24, 2.45) is 0 Å². The van der Waals surface area contributed by atoms with E-state index in [0.717, 1.165) is 28.2 Å². The maximum absolute atomic E-state index is 12.3. The number of hydrogen-bond acceptors (Lipinski definition) is 9. The van der Waals surface area contributed by atoms with E-state index in [4.69, 9.17) is 37.9 Å². The Morgan fingerprint density at radius 3 is 1.81 bits per heavy atom. The molecule has 9 heteroatoms. The summed E-state index contributed by atoms with van der Waals surface area (Å²) in [6.45, 7) is 5.00. The zero-order valence-electron chi connectivity index (χ0n) is 24.8. The van der Waals surface area contributed by atoms with Gasteiger partial charge in [0, 0.05) is 14.0 Å². The maximum Gasteiger partial charge on any atom is 0.303 e. The number of hydrogen-bond donors (Lipinski definition) is 0. The molecule has 42 heavy (non-hydrogen) atoms. The molecule has 9 nitrogen and oxygen atoms in total. The number of fused-ring (bicyclic) bond motifs is 1. The van der Waals surface area contributed by atoms with Crippen LogP contribution in [0.25, 0.3) is 0 Å². The van der Waals surface area contributed by atoms with Crippen LogP contribution < -0.4 is 9.47 Å². The fraction of sp³-hybridized carbons (Fsp3) is 0.424. The lowest BCUT2D eigenvalue weighted by Gasteiger charge is -2.43. The summed E-state index contributed by atoms with van der Waals surface area (Å²) in [5, 5.41) is 0. The van der Waals surface area contributed by atoms with Crippen LogP contribution in [-0.2, 0) is 38.8 Å². The second-order valence-corrected chi connectivity index (χ2v) is 10.7. The molecule has 2 fully saturated rings. The monoisotopic (exact) mass is 578 g/mol. The topological polar surface area (TPSA) is 90.9 Å². The lowest BCUT2D eigenvalue weighted by Crippen LogP contribution is -2.59. The van der Waals surface area contributed by atoms with Crippen molar-refractivity contribution in [2.45, 2.75) is 62.9 Å². The van der Waals surface area contributed by atoms with Gasteiger partial charge in [-0.1, -0.05) is 54.6 Å². The molecule has 2 aliphatic heterocycles. The quantitative estimate of drug-likeness (QED) is 0.248. The first-order chi connectivity index (χ1) is 20.2. The average Bonchev–Trinajstić information content (AvgIpc) is 3.34. The van der Waals surface area contributed by atoms with E-state index >= 15 is 0 Å². The SMILES string of the molecule is COc1ccc(C(OC[C@H]2O[C@H](OC)[C@@H]3OC(C)(C)O[C@H]3[C@H]2OC(C)=O)(c2ccccc2)c2ccc(OC)cc2)cc1. The Hall–Kier alpha value is -3.47. The average molecular weight is 579 g/mol. The van der Waals surface area contributed by atoms with Crippen molar-refractivity contribution in [2.75, 3.05) is 27.9 Å². The van der Waals surface area contributed by atoms with Crippen molar-refractivity contribution in [3.63, 3.8) is 0 Å². The van der Waals surface area contributed by atoms with Crippen LogP contribution in [0.2, 0.25) is 0 Å². The number of benzene rings is 3. The Morgan fingerprint density at radius 2 is 1.31 bits per heavy atom. The summed E-state index contributed by atoms with van der Waals surface area (Å²) in [5.41, 5.74) is 1.53. The number of ether oxygens (including phenoxy) is 8. The molecule has 2 aliphatic rings. The van der Waals surface area contributed by atoms with Crippen LogP contribution >= 0.6 is 0 Å². The van der Waals surface area contributed by atoms with Crippen molar-refractivity contribution in [1.29, 1.82) is 0 Å². The summed E-state index contributed by atoms with van der Waals surface area (Å²) >= 11 is 0. The van der Waals surface area contributed by atoms with Gasteiger partial charge in [0.15, 0.2) is 18.2 Å². The number of rotatable bonds is 10. The van der Waals surface area contributed by atoms with Gasteiger partial charge >= 0.3 is 5.97 Å². The Balaban J connectivity index is 1.60. The van der Waals surface area contributed by atoms with Gasteiger partial charge in [-0.2, -0.15) is 0 Å². The Labute approximate surface area is 246 Å². The third kappa shape index (κ3) is 5.88. The lowest BCUT2D eigenvalue weighted by molar-refractivity contribution is -0.280. The fourth-order valence-corrected chi connectivity index (χ4v) is 5.76. The van der Waals surface area contributed by atoms with Gasteiger partial charge in [0.2, 0.25) is 0 Å². The predicted octanol–water partition coefficient (Wildman–Crippen LogP) is 4.84. The number of methoxy groups -OCH3 is 3. The molecule has 0 aliphatic carbocycles. The van der Waals surface area contributed by atoms with Gasteiger partial charge in [0.05, 0.1) is 20.8 Å². The van der Waals surface area contributed by atoms with Gasteiger partial charge in [0.1, 0.15) is 35.4 Å². The van der Waals surface area contributed by atoms with Crippen molar-refractivity contribution in [1.82, 2.24) is 0 Å². The van der Waals surface area contributed by atoms with Crippen LogP contribution in [0, 0.1) is 0 Å². The molecule has 0 aromatic heterocycles. The molecule has 0 unspecified atom stereocenters. The van der Waals surface area contributed by atoms with E-state index in [2.05, 4.69) is 0 Å². The second kappa shape index (κ2) is 12.4. The highest BCUT2D eigenvalue weighted by molar-refractivity contribution is 5.66. The van der Waals surface area contributed by atoms with E-state index in [1.54, 1.807) is 21.3 Å². The van der Waals surface area contributed by atoms with E-state index in [1.807, 2.05) is 92.7 Å². The van der Waals surface area contributed by atoms with Crippen molar-refractivity contribution >= 4 is 5.97 Å². The summed E-state index contributed by atoms with van der Waals surface area (Å²) in [4.78, 5) is 12.3. The lowest BCUT2D eigenvalue weighted by atomic mass is 9.80. The Kier molecular flexibility index (Phi) is 8.86. The van der Waals surface area contributed by atoms with E-state index in [9.17, 15) is 4.79 Å². The van der Waals surface area contributed by atoms with Crippen LogP contribution in [0.1, 0.15) is 37.5 Å². The van der Waals surface area contributed by atoms with Gasteiger partial charge in [-0.15, -0.1) is 0 Å². The molecule has 5 rings (SSSR count). The zero-order valence-corrected chi connectivity index (χ0v) is 24.8. The Morgan fingerprint density at radius 1 is 0.786 bits per heavy atom. The molecular formula is C33H38O9. The molecule has 2 saturated heterocycles. The molecule has 0 amide bonds. The minimum Gasteiger partial charge on any atom is -0.497 e. The van der Waals surface area contributed by atoms with Gasteiger partial charge in [0.25, 0.3) is 0 Å². The van der Waals surface area contributed by atoms with Crippen LogP contribution in [0.5, 0.6) is 11.5 Å². The highest BCUT2D eigenvalue weighted by Crippen LogP contribution is 2.44. The van der Waals surface area contributed by atoms with Gasteiger partial charge < -0.3 is 37.9 Å². The minimum absolute atomic E-state index is 0.0256. The molecule has 0 radical (unpaired) electrons. The second-order valence-electron chi connectivity index (χ2n) is 10.7. The largest absolute Gasteiger partial charge is 0.497 e. The molecule has 0 N–H and O–H groups in total. The number of esters is 1. The van der Waals surface area contributed by atoms with E-state index in [-0.39, 0.29) is 6.61 Å². The van der Waals surface area contributed by atoms with Crippen LogP contribution in [0.4, 0.5) is 0 Å². The van der Waals surface area contributed by atoms with Crippen molar-refractivity contribution in [3.8, 4) is 11.5 Å². The first-order valence-corrected chi connectivity index (χ1v) is 13.9. The fourth-order valence-electron chi connectivity index (χ4n) is 5.76. The third-order valence-corrected chi connectivity index (χ3v) is 7.60. The van der Waals surface area contributed by atoms with Crippen LogP contribution in [-0.4, -0.2) is 70.4 Å². The van der Waals surface area contributed by atoms with Gasteiger partial charge in [-0.25, -0.2) is 0 Å². The van der Waals surface area contributed by atoms with Crippen LogP contribution in [0.15, 0.2) is 78.9 Å². The highest BCUT2D eigenvalue weighted by Gasteiger charge is 2.57. The van der Waals surface area contributed by atoms with Crippen LogP contribution in [0.3, 0.4) is 0 Å². The molecule has 224 valence electrons. The summed E-state index contributed by atoms with van der Waals surface area (Å²) in [5.74, 6) is 0.0620. The number of carbonyl (C=O) groups excluding carboxylic acids is 1. The normalized spacial score (nSPS) is 25.0. The zero-order chi connectivity index (χ0) is 29.9. The molecule has 5 atom stereocenters. The molecule has 3 aromatic carbocycles. The summed E-state index contributed by atoms with van der Waals surface area (Å²) in [6.07, 6.45) is -3.51.